The molecular formula is C7H17Al. The van der Waals surface area contributed by atoms with Crippen LogP contribution in [0.2, 0.25) is 11.6 Å². The Morgan fingerprint density at radius 3 is 1.00 bits per heavy atom. The zero-order valence-corrected chi connectivity index (χ0v) is 7.66. The van der Waals surface area contributed by atoms with Gasteiger partial charge in [-0.2, -0.15) is 0 Å². The minimum atomic E-state index is 0.417. The molecule has 1 saturated carbocycles. The summed E-state index contributed by atoms with van der Waals surface area (Å²) in [6.45, 7) is 0. The Morgan fingerprint density at radius 1 is 0.750 bits per heavy atom. The highest BCUT2D eigenvalue weighted by Crippen LogP contribution is 2.15. The third kappa shape index (κ3) is 6.53. The summed E-state index contributed by atoms with van der Waals surface area (Å²) in [5.74, 6) is 4.53. The van der Waals surface area contributed by atoms with E-state index in [0.717, 1.165) is 0 Å². The molecule has 0 aromatic heterocycles. The van der Waals surface area contributed by atoms with Crippen LogP contribution in [0.4, 0.5) is 0 Å². The fourth-order valence-corrected chi connectivity index (χ4v) is 0.884. The van der Waals surface area contributed by atoms with Crippen LogP contribution in [0.1, 0.15) is 32.1 Å². The molecule has 48 valence electrons. The molecule has 1 aliphatic carbocycles. The van der Waals surface area contributed by atoms with Crippen LogP contribution in [0.3, 0.4) is 0 Å². The molecule has 0 spiro atoms. The lowest BCUT2D eigenvalue weighted by Gasteiger charge is -1.67. The first-order valence-corrected chi connectivity index (χ1v) is 6.74. The lowest BCUT2D eigenvalue weighted by molar-refractivity contribution is 0.886. The monoisotopic (exact) mass is 128 g/mol. The van der Waals surface area contributed by atoms with Gasteiger partial charge in [-0.15, -0.1) is 11.6 Å². The molecule has 1 heteroatoms. The van der Waals surface area contributed by atoms with Gasteiger partial charge in [-0.1, -0.05) is 32.1 Å². The van der Waals surface area contributed by atoms with E-state index < -0.39 is 0 Å². The van der Waals surface area contributed by atoms with Crippen molar-refractivity contribution in [3.63, 3.8) is 0 Å². The van der Waals surface area contributed by atoms with E-state index in [2.05, 4.69) is 11.6 Å². The first kappa shape index (κ1) is 8.53. The van der Waals surface area contributed by atoms with E-state index >= 15 is 0 Å². The summed E-state index contributed by atoms with van der Waals surface area (Å²) in [6.07, 6.45) is 7.50. The lowest BCUT2D eigenvalue weighted by atomic mass is 10.4. The van der Waals surface area contributed by atoms with Gasteiger partial charge in [0.1, 0.15) is 0 Å². The molecule has 0 aliphatic heterocycles. The second kappa shape index (κ2) is 7.53. The van der Waals surface area contributed by atoms with Crippen molar-refractivity contribution in [1.82, 2.24) is 0 Å². The summed E-state index contributed by atoms with van der Waals surface area (Å²) in [5, 5.41) is 0. The van der Waals surface area contributed by atoms with Gasteiger partial charge in [0.05, 0.1) is 0 Å². The molecule has 1 aliphatic rings. The minimum absolute atomic E-state index is 0.417. The largest absolute Gasteiger partial charge is 0.229 e. The van der Waals surface area contributed by atoms with Gasteiger partial charge in [0.25, 0.3) is 0 Å². The highest BCUT2D eigenvalue weighted by molar-refractivity contribution is 6.31. The van der Waals surface area contributed by atoms with E-state index in [1.165, 1.54) is 32.1 Å². The second-order valence-electron chi connectivity index (χ2n) is 2.47. The lowest BCUT2D eigenvalue weighted by Crippen LogP contribution is -1.53. The maximum absolute atomic E-state index is 2.26. The van der Waals surface area contributed by atoms with E-state index in [0.29, 0.717) is 15.2 Å². The first-order valence-electron chi connectivity index (χ1n) is 3.91. The van der Waals surface area contributed by atoms with Crippen LogP contribution in [-0.2, 0) is 0 Å². The molecule has 0 unspecified atom stereocenters. The highest BCUT2D eigenvalue weighted by atomic mass is 27.1. The zero-order chi connectivity index (χ0) is 6.24. The summed E-state index contributed by atoms with van der Waals surface area (Å²) >= 11 is 0.417. The number of hydrogen-bond donors (Lipinski definition) is 0. The van der Waals surface area contributed by atoms with Crippen LogP contribution < -0.4 is 0 Å². The van der Waals surface area contributed by atoms with E-state index in [1.54, 1.807) is 0 Å². The van der Waals surface area contributed by atoms with Crippen molar-refractivity contribution in [2.24, 2.45) is 0 Å². The van der Waals surface area contributed by atoms with Crippen LogP contribution in [0, 0.1) is 0 Å². The van der Waals surface area contributed by atoms with Crippen LogP contribution >= 0.6 is 0 Å². The van der Waals surface area contributed by atoms with Gasteiger partial charge in [0.15, 0.2) is 0 Å². The quantitative estimate of drug-likeness (QED) is 0.440. The van der Waals surface area contributed by atoms with Crippen LogP contribution in [0.15, 0.2) is 0 Å². The molecule has 0 bridgehead atoms. The normalized spacial score (nSPS) is 16.8. The molecule has 1 fully saturated rings. The Kier molecular flexibility index (Phi) is 8.03. The molecule has 0 amide bonds. The third-order valence-corrected chi connectivity index (χ3v) is 1.25. The fraction of sp³-hybridized carbons (Fsp3) is 1.00. The second-order valence-corrected chi connectivity index (χ2v) is 3.89. The predicted molar refractivity (Wildman–Crippen MR) is 42.0 cm³/mol. The Morgan fingerprint density at radius 2 is 0.875 bits per heavy atom. The molecule has 0 heterocycles. The van der Waals surface area contributed by atoms with Crippen molar-refractivity contribution in [1.29, 1.82) is 0 Å². The predicted octanol–water partition coefficient (Wildman–Crippen LogP) is 2.47. The number of hydrogen-bond acceptors (Lipinski definition) is 0. The fourth-order valence-electron chi connectivity index (χ4n) is 0.884. The molecule has 0 nitrogen and oxygen atoms in total. The van der Waals surface area contributed by atoms with Gasteiger partial charge in [0, 0.05) is 0 Å². The van der Waals surface area contributed by atoms with Crippen molar-refractivity contribution >= 4 is 15.2 Å². The minimum Gasteiger partial charge on any atom is -0.109 e. The summed E-state index contributed by atoms with van der Waals surface area (Å²) in [6, 6.07) is 0. The Labute approximate surface area is 59.4 Å². The van der Waals surface area contributed by atoms with Crippen molar-refractivity contribution in [2.45, 2.75) is 43.7 Å². The zero-order valence-electron chi connectivity index (χ0n) is 6.24. The van der Waals surface area contributed by atoms with Crippen LogP contribution in [0.25, 0.3) is 0 Å². The van der Waals surface area contributed by atoms with Gasteiger partial charge in [-0.3, -0.25) is 0 Å². The SMILES string of the molecule is C1CCCC1.[CH3][AlH][CH3]. The molecule has 0 radical (unpaired) electrons. The van der Waals surface area contributed by atoms with E-state index in [1.807, 2.05) is 0 Å². The molecule has 0 atom stereocenters. The van der Waals surface area contributed by atoms with Gasteiger partial charge in [-0.05, 0) is 0 Å². The van der Waals surface area contributed by atoms with E-state index in [-0.39, 0.29) is 0 Å². The van der Waals surface area contributed by atoms with E-state index in [9.17, 15) is 0 Å². The Hall–Kier alpha value is 0.532. The smallest absolute Gasteiger partial charge is 0.109 e. The van der Waals surface area contributed by atoms with Crippen molar-refractivity contribution in [3.05, 3.63) is 0 Å². The molecular weight excluding hydrogens is 111 g/mol. The summed E-state index contributed by atoms with van der Waals surface area (Å²) in [5.41, 5.74) is 0. The average Bonchev–Trinajstić information content (AvgIpc) is 2.17. The molecule has 0 aromatic carbocycles. The summed E-state index contributed by atoms with van der Waals surface area (Å²) in [7, 11) is 0. The molecule has 0 aromatic rings. The van der Waals surface area contributed by atoms with E-state index in [4.69, 9.17) is 0 Å². The molecule has 1 rings (SSSR count). The summed E-state index contributed by atoms with van der Waals surface area (Å²) in [4.78, 5) is 0. The maximum Gasteiger partial charge on any atom is 0.229 e. The average molecular weight is 128 g/mol. The van der Waals surface area contributed by atoms with Gasteiger partial charge < -0.3 is 0 Å². The molecule has 0 saturated heterocycles. The maximum atomic E-state index is 2.26. The Bertz CT molecular complexity index is 23.8. The van der Waals surface area contributed by atoms with Crippen molar-refractivity contribution < 1.29 is 0 Å². The van der Waals surface area contributed by atoms with Crippen LogP contribution in [0.5, 0.6) is 0 Å². The summed E-state index contributed by atoms with van der Waals surface area (Å²) < 4.78 is 0. The number of rotatable bonds is 0. The van der Waals surface area contributed by atoms with Crippen molar-refractivity contribution in [3.8, 4) is 0 Å². The van der Waals surface area contributed by atoms with Gasteiger partial charge in [-0.25, -0.2) is 0 Å². The highest BCUT2D eigenvalue weighted by Gasteiger charge is 1.95. The van der Waals surface area contributed by atoms with Gasteiger partial charge in [0.2, 0.25) is 15.2 Å². The van der Waals surface area contributed by atoms with Crippen molar-refractivity contribution in [2.75, 3.05) is 0 Å². The Balaban J connectivity index is 0.000000145. The van der Waals surface area contributed by atoms with Crippen LogP contribution in [-0.4, -0.2) is 15.2 Å². The standard InChI is InChI=1S/C5H10.2CH3.Al.H/c1-2-4-5-3-1;;;;/h1-5H2;2*1H3;;. The topological polar surface area (TPSA) is 0 Å². The third-order valence-electron chi connectivity index (χ3n) is 1.25. The molecule has 0 N–H and O–H groups in total. The molecule has 8 heavy (non-hydrogen) atoms. The van der Waals surface area contributed by atoms with Gasteiger partial charge >= 0.3 is 0 Å². The first-order chi connectivity index (χ1) is 3.91.